The summed E-state index contributed by atoms with van der Waals surface area (Å²) in [7, 11) is 2.25. The molecule has 0 aromatic carbocycles. The molecule has 12 heavy (non-hydrogen) atoms. The van der Waals surface area contributed by atoms with E-state index >= 15 is 0 Å². The van der Waals surface area contributed by atoms with Gasteiger partial charge in [-0.2, -0.15) is 0 Å². The SMILES string of the molecule is CN1CCC[C@H]([C@H]2CCCN2)C1. The van der Waals surface area contributed by atoms with Crippen molar-refractivity contribution < 1.29 is 0 Å². The topological polar surface area (TPSA) is 15.3 Å². The zero-order valence-corrected chi connectivity index (χ0v) is 8.05. The molecule has 2 fully saturated rings. The summed E-state index contributed by atoms with van der Waals surface area (Å²) in [6.45, 7) is 3.88. The van der Waals surface area contributed by atoms with Crippen molar-refractivity contribution in [2.24, 2.45) is 5.92 Å². The molecule has 2 aliphatic rings. The molecule has 0 radical (unpaired) electrons. The monoisotopic (exact) mass is 168 g/mol. The van der Waals surface area contributed by atoms with E-state index in [4.69, 9.17) is 0 Å². The molecular formula is C10H20N2. The van der Waals surface area contributed by atoms with Gasteiger partial charge in [0.2, 0.25) is 0 Å². The smallest absolute Gasteiger partial charge is 0.0108 e. The van der Waals surface area contributed by atoms with E-state index in [-0.39, 0.29) is 0 Å². The van der Waals surface area contributed by atoms with Crippen molar-refractivity contribution >= 4 is 0 Å². The maximum absolute atomic E-state index is 3.62. The van der Waals surface area contributed by atoms with Crippen molar-refractivity contribution in [1.29, 1.82) is 0 Å². The van der Waals surface area contributed by atoms with Gasteiger partial charge in [-0.1, -0.05) is 0 Å². The fraction of sp³-hybridized carbons (Fsp3) is 1.00. The lowest BCUT2D eigenvalue weighted by Gasteiger charge is -2.33. The van der Waals surface area contributed by atoms with Crippen molar-refractivity contribution in [3.8, 4) is 0 Å². The maximum atomic E-state index is 3.62. The molecule has 2 aliphatic heterocycles. The van der Waals surface area contributed by atoms with E-state index < -0.39 is 0 Å². The second kappa shape index (κ2) is 3.75. The molecule has 1 N–H and O–H groups in total. The minimum absolute atomic E-state index is 0.841. The van der Waals surface area contributed by atoms with Crippen LogP contribution in [0.5, 0.6) is 0 Å². The predicted molar refractivity (Wildman–Crippen MR) is 51.2 cm³/mol. The van der Waals surface area contributed by atoms with Gasteiger partial charge in [-0.25, -0.2) is 0 Å². The molecule has 0 aromatic rings. The Morgan fingerprint density at radius 1 is 1.25 bits per heavy atom. The van der Waals surface area contributed by atoms with E-state index in [1.165, 1.54) is 45.3 Å². The van der Waals surface area contributed by atoms with E-state index in [1.807, 2.05) is 0 Å². The lowest BCUT2D eigenvalue weighted by Crippen LogP contribution is -2.41. The van der Waals surface area contributed by atoms with Gasteiger partial charge in [-0.15, -0.1) is 0 Å². The number of piperidine rings is 1. The Bertz CT molecular complexity index is 141. The van der Waals surface area contributed by atoms with Crippen LogP contribution in [0.15, 0.2) is 0 Å². The lowest BCUT2D eigenvalue weighted by molar-refractivity contribution is 0.180. The summed E-state index contributed by atoms with van der Waals surface area (Å²) in [5, 5.41) is 3.62. The minimum Gasteiger partial charge on any atom is -0.314 e. The van der Waals surface area contributed by atoms with Crippen molar-refractivity contribution in [3.05, 3.63) is 0 Å². The van der Waals surface area contributed by atoms with Gasteiger partial charge in [0, 0.05) is 12.6 Å². The molecule has 2 rings (SSSR count). The van der Waals surface area contributed by atoms with E-state index in [9.17, 15) is 0 Å². The molecule has 0 bridgehead atoms. The maximum Gasteiger partial charge on any atom is 0.0108 e. The highest BCUT2D eigenvalue weighted by atomic mass is 15.1. The van der Waals surface area contributed by atoms with Crippen molar-refractivity contribution in [3.63, 3.8) is 0 Å². The van der Waals surface area contributed by atoms with E-state index in [1.54, 1.807) is 0 Å². The fourth-order valence-corrected chi connectivity index (χ4v) is 2.65. The number of hydrogen-bond donors (Lipinski definition) is 1. The van der Waals surface area contributed by atoms with Crippen LogP contribution in [0.1, 0.15) is 25.7 Å². The van der Waals surface area contributed by atoms with Gasteiger partial charge in [-0.05, 0) is 51.7 Å². The first-order valence-electron chi connectivity index (χ1n) is 5.28. The van der Waals surface area contributed by atoms with Gasteiger partial charge in [0.15, 0.2) is 0 Å². The van der Waals surface area contributed by atoms with Crippen LogP contribution in [-0.4, -0.2) is 37.6 Å². The van der Waals surface area contributed by atoms with Crippen LogP contribution >= 0.6 is 0 Å². The number of hydrogen-bond acceptors (Lipinski definition) is 2. The van der Waals surface area contributed by atoms with Crippen molar-refractivity contribution in [2.75, 3.05) is 26.7 Å². The summed E-state index contributed by atoms with van der Waals surface area (Å²) in [6, 6.07) is 0.841. The van der Waals surface area contributed by atoms with E-state index in [0.29, 0.717) is 0 Å². The van der Waals surface area contributed by atoms with Crippen molar-refractivity contribution in [1.82, 2.24) is 10.2 Å². The van der Waals surface area contributed by atoms with Gasteiger partial charge in [-0.3, -0.25) is 0 Å². The van der Waals surface area contributed by atoms with Gasteiger partial charge in [0.25, 0.3) is 0 Å². The number of likely N-dealkylation sites (tertiary alicyclic amines) is 1. The van der Waals surface area contributed by atoms with E-state index in [2.05, 4.69) is 17.3 Å². The highest BCUT2D eigenvalue weighted by Gasteiger charge is 2.27. The first-order valence-corrected chi connectivity index (χ1v) is 5.28. The van der Waals surface area contributed by atoms with Crippen molar-refractivity contribution in [2.45, 2.75) is 31.7 Å². The Kier molecular flexibility index (Phi) is 2.66. The molecule has 0 unspecified atom stereocenters. The Morgan fingerprint density at radius 3 is 2.83 bits per heavy atom. The highest BCUT2D eigenvalue weighted by molar-refractivity contribution is 4.85. The zero-order valence-electron chi connectivity index (χ0n) is 8.05. The molecule has 2 heterocycles. The summed E-state index contributed by atoms with van der Waals surface area (Å²) in [5.74, 6) is 0.936. The standard InChI is InChI=1S/C10H20N2/c1-12-7-3-4-9(8-12)10-5-2-6-11-10/h9-11H,2-8H2,1H3/t9-,10+/m0/s1. The normalized spacial score (nSPS) is 38.8. The van der Waals surface area contributed by atoms with Gasteiger partial charge in [0.05, 0.1) is 0 Å². The Morgan fingerprint density at radius 2 is 2.17 bits per heavy atom. The molecule has 0 spiro atoms. The molecule has 70 valence electrons. The van der Waals surface area contributed by atoms with Crippen LogP contribution in [0.2, 0.25) is 0 Å². The van der Waals surface area contributed by atoms with Crippen LogP contribution in [-0.2, 0) is 0 Å². The second-order valence-corrected chi connectivity index (χ2v) is 4.37. The summed E-state index contributed by atoms with van der Waals surface area (Å²) in [5.41, 5.74) is 0. The van der Waals surface area contributed by atoms with Gasteiger partial charge < -0.3 is 10.2 Å². The molecule has 0 saturated carbocycles. The number of nitrogens with zero attached hydrogens (tertiary/aromatic N) is 1. The van der Waals surface area contributed by atoms with Gasteiger partial charge >= 0.3 is 0 Å². The molecule has 2 heteroatoms. The summed E-state index contributed by atoms with van der Waals surface area (Å²) in [4.78, 5) is 2.48. The minimum atomic E-state index is 0.841. The molecular weight excluding hydrogens is 148 g/mol. The fourth-order valence-electron chi connectivity index (χ4n) is 2.65. The van der Waals surface area contributed by atoms with Crippen LogP contribution in [0.4, 0.5) is 0 Å². The summed E-state index contributed by atoms with van der Waals surface area (Å²) in [6.07, 6.45) is 5.66. The van der Waals surface area contributed by atoms with Crippen LogP contribution < -0.4 is 5.32 Å². The number of rotatable bonds is 1. The van der Waals surface area contributed by atoms with Crippen LogP contribution in [0.25, 0.3) is 0 Å². The Balaban J connectivity index is 1.85. The average Bonchev–Trinajstić information content (AvgIpc) is 2.56. The molecule has 2 nitrogen and oxygen atoms in total. The Labute approximate surface area is 75.3 Å². The largest absolute Gasteiger partial charge is 0.314 e. The first kappa shape index (κ1) is 8.52. The van der Waals surface area contributed by atoms with Crippen LogP contribution in [0, 0.1) is 5.92 Å². The number of nitrogens with one attached hydrogen (secondary N) is 1. The van der Waals surface area contributed by atoms with E-state index in [0.717, 1.165) is 12.0 Å². The summed E-state index contributed by atoms with van der Waals surface area (Å²) >= 11 is 0. The molecule has 0 aromatic heterocycles. The second-order valence-electron chi connectivity index (χ2n) is 4.37. The molecule has 0 aliphatic carbocycles. The lowest BCUT2D eigenvalue weighted by atomic mass is 9.90. The van der Waals surface area contributed by atoms with Gasteiger partial charge in [0.1, 0.15) is 0 Å². The summed E-state index contributed by atoms with van der Waals surface area (Å²) < 4.78 is 0. The third-order valence-electron chi connectivity index (χ3n) is 3.33. The highest BCUT2D eigenvalue weighted by Crippen LogP contribution is 2.23. The Hall–Kier alpha value is -0.0800. The average molecular weight is 168 g/mol. The quantitative estimate of drug-likeness (QED) is 0.630. The molecule has 2 atom stereocenters. The molecule has 0 amide bonds. The predicted octanol–water partition coefficient (Wildman–Crippen LogP) is 1.08. The molecule has 2 saturated heterocycles. The van der Waals surface area contributed by atoms with Crippen LogP contribution in [0.3, 0.4) is 0 Å². The zero-order chi connectivity index (χ0) is 8.39. The third kappa shape index (κ3) is 1.80. The first-order chi connectivity index (χ1) is 5.86. The third-order valence-corrected chi connectivity index (χ3v) is 3.33.